The van der Waals surface area contributed by atoms with Crippen molar-refractivity contribution in [2.75, 3.05) is 5.32 Å². The van der Waals surface area contributed by atoms with Gasteiger partial charge in [0.25, 0.3) is 0 Å². The van der Waals surface area contributed by atoms with Crippen LogP contribution >= 0.6 is 0 Å². The van der Waals surface area contributed by atoms with Crippen LogP contribution in [0, 0.1) is 6.92 Å². The van der Waals surface area contributed by atoms with Crippen molar-refractivity contribution in [1.82, 2.24) is 0 Å². The fraction of sp³-hybridized carbons (Fsp3) is 0.143. The highest BCUT2D eigenvalue weighted by molar-refractivity contribution is 6.00. The second-order valence-electron chi connectivity index (χ2n) is 3.71. The molecule has 0 radical (unpaired) electrons. The third-order valence-corrected chi connectivity index (χ3v) is 2.29. The minimum atomic E-state index is -1.01. The van der Waals surface area contributed by atoms with Crippen LogP contribution < -0.4 is 5.32 Å². The molecule has 2 N–H and O–H groups in total. The van der Waals surface area contributed by atoms with E-state index in [0.29, 0.717) is 11.3 Å². The first-order chi connectivity index (χ1) is 8.54. The van der Waals surface area contributed by atoms with Gasteiger partial charge in [-0.25, -0.2) is 4.79 Å². The predicted octanol–water partition coefficient (Wildman–Crippen LogP) is 2.76. The molecule has 0 aliphatic rings. The zero-order chi connectivity index (χ0) is 13.5. The number of carboxylic acids is 1. The molecule has 4 heteroatoms. The first-order valence-corrected chi connectivity index (χ1v) is 5.49. The number of carbonyl (C=O) groups is 2. The lowest BCUT2D eigenvalue weighted by Gasteiger charge is -2.05. The lowest BCUT2D eigenvalue weighted by molar-refractivity contribution is -0.111. The van der Waals surface area contributed by atoms with Gasteiger partial charge in [0.05, 0.1) is 5.56 Å². The number of aromatic carboxylic acids is 1. The number of allylic oxidation sites excluding steroid dienone is 3. The van der Waals surface area contributed by atoms with Crippen molar-refractivity contribution in [2.45, 2.75) is 13.8 Å². The number of aryl methyl sites for hydroxylation is 1. The molecular weight excluding hydrogens is 230 g/mol. The van der Waals surface area contributed by atoms with Gasteiger partial charge in [-0.15, -0.1) is 0 Å². The van der Waals surface area contributed by atoms with E-state index in [1.54, 1.807) is 37.3 Å². The first-order valence-electron chi connectivity index (χ1n) is 5.49. The predicted molar refractivity (Wildman–Crippen MR) is 70.7 cm³/mol. The van der Waals surface area contributed by atoms with Crippen LogP contribution in [0.15, 0.2) is 42.5 Å². The van der Waals surface area contributed by atoms with Crippen LogP contribution in [0.1, 0.15) is 22.8 Å². The van der Waals surface area contributed by atoms with E-state index in [4.69, 9.17) is 5.11 Å². The van der Waals surface area contributed by atoms with Gasteiger partial charge in [-0.2, -0.15) is 0 Å². The third kappa shape index (κ3) is 3.90. The number of amides is 1. The molecular formula is C14H15NO3. The maximum absolute atomic E-state index is 11.5. The second-order valence-corrected chi connectivity index (χ2v) is 3.71. The average Bonchev–Trinajstić information content (AvgIpc) is 2.31. The molecule has 0 aliphatic carbocycles. The molecule has 0 bridgehead atoms. The van der Waals surface area contributed by atoms with Gasteiger partial charge in [-0.1, -0.05) is 24.3 Å². The standard InChI is InChI=1S/C14H15NO3/c1-3-4-5-6-13(16)15-11-8-7-10(2)12(9-11)14(17)18/h3-9H,1-2H3,(H,15,16)(H,17,18). The summed E-state index contributed by atoms with van der Waals surface area (Å²) in [7, 11) is 0. The Kier molecular flexibility index (Phi) is 4.87. The molecule has 1 rings (SSSR count). The van der Waals surface area contributed by atoms with E-state index in [0.717, 1.165) is 0 Å². The fourth-order valence-electron chi connectivity index (χ4n) is 1.37. The summed E-state index contributed by atoms with van der Waals surface area (Å²) in [5.74, 6) is -1.30. The summed E-state index contributed by atoms with van der Waals surface area (Å²) in [6.07, 6.45) is 6.53. The number of anilines is 1. The van der Waals surface area contributed by atoms with Crippen molar-refractivity contribution in [3.05, 3.63) is 53.6 Å². The average molecular weight is 245 g/mol. The van der Waals surface area contributed by atoms with E-state index in [2.05, 4.69) is 5.32 Å². The van der Waals surface area contributed by atoms with Crippen molar-refractivity contribution in [3.63, 3.8) is 0 Å². The molecule has 0 atom stereocenters. The topological polar surface area (TPSA) is 66.4 Å². The molecule has 0 aliphatic heterocycles. The second kappa shape index (κ2) is 6.39. The van der Waals surface area contributed by atoms with Gasteiger partial charge in [-0.3, -0.25) is 4.79 Å². The Balaban J connectivity index is 2.83. The van der Waals surface area contributed by atoms with Crippen molar-refractivity contribution < 1.29 is 14.7 Å². The summed E-state index contributed by atoms with van der Waals surface area (Å²) in [4.78, 5) is 22.4. The summed E-state index contributed by atoms with van der Waals surface area (Å²) in [5.41, 5.74) is 1.31. The maximum atomic E-state index is 11.5. The summed E-state index contributed by atoms with van der Waals surface area (Å²) in [5, 5.41) is 11.6. The monoisotopic (exact) mass is 245 g/mol. The molecule has 0 unspecified atom stereocenters. The van der Waals surface area contributed by atoms with Crippen molar-refractivity contribution in [2.24, 2.45) is 0 Å². The zero-order valence-corrected chi connectivity index (χ0v) is 10.3. The molecule has 1 aromatic carbocycles. The summed E-state index contributed by atoms with van der Waals surface area (Å²) < 4.78 is 0. The molecule has 0 spiro atoms. The highest BCUT2D eigenvalue weighted by Gasteiger charge is 2.08. The lowest BCUT2D eigenvalue weighted by Crippen LogP contribution is -2.09. The Bertz CT molecular complexity index is 516. The Labute approximate surface area is 106 Å². The molecule has 4 nitrogen and oxygen atoms in total. The first kappa shape index (κ1) is 13.7. The number of hydrogen-bond donors (Lipinski definition) is 2. The maximum Gasteiger partial charge on any atom is 0.336 e. The molecule has 1 amide bonds. The SMILES string of the molecule is CC=CC=CC(=O)Nc1ccc(C)c(C(=O)O)c1. The van der Waals surface area contributed by atoms with E-state index < -0.39 is 5.97 Å². The van der Waals surface area contributed by atoms with E-state index in [1.165, 1.54) is 12.1 Å². The molecule has 18 heavy (non-hydrogen) atoms. The van der Waals surface area contributed by atoms with E-state index in [-0.39, 0.29) is 11.5 Å². The van der Waals surface area contributed by atoms with Gasteiger partial charge in [0.1, 0.15) is 0 Å². The zero-order valence-electron chi connectivity index (χ0n) is 10.3. The lowest BCUT2D eigenvalue weighted by atomic mass is 10.1. The Morgan fingerprint density at radius 2 is 2.00 bits per heavy atom. The fourth-order valence-corrected chi connectivity index (χ4v) is 1.37. The van der Waals surface area contributed by atoms with E-state index in [1.807, 2.05) is 6.92 Å². The van der Waals surface area contributed by atoms with Gasteiger partial charge in [0, 0.05) is 11.8 Å². The van der Waals surface area contributed by atoms with Crippen LogP contribution in [0.3, 0.4) is 0 Å². The minimum absolute atomic E-state index is 0.185. The van der Waals surface area contributed by atoms with E-state index >= 15 is 0 Å². The molecule has 1 aromatic rings. The van der Waals surface area contributed by atoms with Crippen molar-refractivity contribution in [1.29, 1.82) is 0 Å². The number of rotatable bonds is 4. The number of benzene rings is 1. The van der Waals surface area contributed by atoms with Crippen LogP contribution in [-0.2, 0) is 4.79 Å². The molecule has 0 aromatic heterocycles. The summed E-state index contributed by atoms with van der Waals surface area (Å²) in [6.45, 7) is 3.56. The quantitative estimate of drug-likeness (QED) is 0.633. The van der Waals surface area contributed by atoms with Crippen molar-refractivity contribution in [3.8, 4) is 0 Å². The van der Waals surface area contributed by atoms with Gasteiger partial charge in [0.2, 0.25) is 5.91 Å². The van der Waals surface area contributed by atoms with Gasteiger partial charge in [0.15, 0.2) is 0 Å². The highest BCUT2D eigenvalue weighted by Crippen LogP contribution is 2.15. The normalized spacial score (nSPS) is 11.0. The van der Waals surface area contributed by atoms with Crippen molar-refractivity contribution >= 4 is 17.6 Å². The van der Waals surface area contributed by atoms with Crippen LogP contribution in [-0.4, -0.2) is 17.0 Å². The minimum Gasteiger partial charge on any atom is -0.478 e. The molecule has 94 valence electrons. The number of nitrogens with one attached hydrogen (secondary N) is 1. The van der Waals surface area contributed by atoms with E-state index in [9.17, 15) is 9.59 Å². The molecule has 0 heterocycles. The van der Waals surface area contributed by atoms with Crippen LogP contribution in [0.25, 0.3) is 0 Å². The summed E-state index contributed by atoms with van der Waals surface area (Å²) in [6, 6.07) is 4.77. The van der Waals surface area contributed by atoms with Gasteiger partial charge < -0.3 is 10.4 Å². The molecule has 0 fully saturated rings. The Morgan fingerprint density at radius 3 is 2.61 bits per heavy atom. The number of hydrogen-bond acceptors (Lipinski definition) is 2. The van der Waals surface area contributed by atoms with Crippen LogP contribution in [0.2, 0.25) is 0 Å². The smallest absolute Gasteiger partial charge is 0.336 e. The molecule has 0 saturated heterocycles. The largest absolute Gasteiger partial charge is 0.478 e. The number of carbonyl (C=O) groups excluding carboxylic acids is 1. The third-order valence-electron chi connectivity index (χ3n) is 2.29. The molecule has 0 saturated carbocycles. The Hall–Kier alpha value is -2.36. The van der Waals surface area contributed by atoms with Gasteiger partial charge >= 0.3 is 5.97 Å². The Morgan fingerprint density at radius 1 is 1.28 bits per heavy atom. The van der Waals surface area contributed by atoms with Gasteiger partial charge in [-0.05, 0) is 31.5 Å². The summed E-state index contributed by atoms with van der Waals surface area (Å²) >= 11 is 0. The van der Waals surface area contributed by atoms with Crippen LogP contribution in [0.5, 0.6) is 0 Å². The number of carboxylic acid groups (broad SMARTS) is 1. The highest BCUT2D eigenvalue weighted by atomic mass is 16.4. The van der Waals surface area contributed by atoms with Crippen LogP contribution in [0.4, 0.5) is 5.69 Å².